The van der Waals surface area contributed by atoms with Crippen LogP contribution in [0.3, 0.4) is 0 Å². The van der Waals surface area contributed by atoms with Crippen LogP contribution in [0, 0.1) is 5.92 Å². The first kappa shape index (κ1) is 7.23. The summed E-state index contributed by atoms with van der Waals surface area (Å²) in [5, 5.41) is 0. The van der Waals surface area contributed by atoms with E-state index in [0.717, 1.165) is 5.92 Å². The van der Waals surface area contributed by atoms with Gasteiger partial charge < -0.3 is 0 Å². The van der Waals surface area contributed by atoms with Crippen molar-refractivity contribution in [2.24, 2.45) is 5.92 Å². The van der Waals surface area contributed by atoms with Crippen molar-refractivity contribution < 1.29 is 23.3 Å². The Morgan fingerprint density at radius 3 is 2.17 bits per heavy atom. The summed E-state index contributed by atoms with van der Waals surface area (Å²) in [5.41, 5.74) is 0. The predicted molar refractivity (Wildman–Crippen MR) is 25.5 cm³/mol. The van der Waals surface area contributed by atoms with Crippen molar-refractivity contribution >= 4 is 8.25 Å². The molecule has 34 valence electrons. The van der Waals surface area contributed by atoms with Gasteiger partial charge >= 0.3 is 55.3 Å². The van der Waals surface area contributed by atoms with Gasteiger partial charge in [-0.25, -0.2) is 0 Å². The average Bonchev–Trinajstić information content (AvgIpc) is 1.35. The predicted octanol–water partition coefficient (Wildman–Crippen LogP) is 2.30. The van der Waals surface area contributed by atoms with Gasteiger partial charge in [-0.1, -0.05) is 0 Å². The summed E-state index contributed by atoms with van der Waals surface area (Å²) < 4.78 is 1.36. The molecule has 0 aliphatic rings. The maximum absolute atomic E-state index is 5.62. The van der Waals surface area contributed by atoms with Gasteiger partial charge in [-0.3, -0.25) is 0 Å². The van der Waals surface area contributed by atoms with Crippen LogP contribution < -0.4 is 0 Å². The zero-order valence-electron chi connectivity index (χ0n) is 4.37. The number of rotatable bonds is 2. The molecule has 0 fully saturated rings. The quantitative estimate of drug-likeness (QED) is 0.685. The minimum absolute atomic E-state index is 0.740. The Kier molecular flexibility index (Phi) is 5.28. The van der Waals surface area contributed by atoms with E-state index in [0.29, 0.717) is 0 Å². The van der Waals surface area contributed by atoms with Gasteiger partial charge in [0.15, 0.2) is 0 Å². The third kappa shape index (κ3) is 5.23. The normalized spacial score (nSPS) is 8.67. The van der Waals surface area contributed by atoms with E-state index in [4.69, 9.17) is 8.25 Å². The Labute approximate surface area is 55.1 Å². The van der Waals surface area contributed by atoms with Crippen molar-refractivity contribution in [1.82, 2.24) is 0 Å². The summed E-state index contributed by atoms with van der Waals surface area (Å²) in [6.07, 6.45) is 0. The van der Waals surface area contributed by atoms with Crippen LogP contribution in [0.2, 0.25) is 3.93 Å². The molecule has 0 bridgehead atoms. The van der Waals surface area contributed by atoms with Gasteiger partial charge in [-0.15, -0.1) is 0 Å². The van der Waals surface area contributed by atoms with Gasteiger partial charge in [-0.05, 0) is 0 Å². The fourth-order valence-corrected chi connectivity index (χ4v) is 5.74. The minimum atomic E-state index is -0.740. The third-order valence-corrected chi connectivity index (χ3v) is 7.94. The molecule has 0 saturated heterocycles. The SMILES string of the molecule is CC(C)[CH2][Hg][Cl]. The van der Waals surface area contributed by atoms with Gasteiger partial charge in [0.2, 0.25) is 0 Å². The molecular weight excluding hydrogens is 284 g/mol. The average molecular weight is 293 g/mol. The molecule has 0 aliphatic heterocycles. The number of halogens is 1. The van der Waals surface area contributed by atoms with Crippen molar-refractivity contribution in [3.63, 3.8) is 0 Å². The zero-order chi connectivity index (χ0) is 4.99. The molecule has 0 aromatic heterocycles. The molecule has 0 saturated carbocycles. The second kappa shape index (κ2) is 4.39. The Morgan fingerprint density at radius 1 is 1.67 bits per heavy atom. The summed E-state index contributed by atoms with van der Waals surface area (Å²) in [6.45, 7) is 4.45. The Balaban J connectivity index is 2.63. The molecule has 0 aromatic carbocycles. The first-order chi connectivity index (χ1) is 2.77. The number of hydrogen-bond acceptors (Lipinski definition) is 0. The molecule has 0 N–H and O–H groups in total. The molecule has 0 atom stereocenters. The summed E-state index contributed by atoms with van der Waals surface area (Å²) in [6, 6.07) is 0. The molecule has 0 nitrogen and oxygen atoms in total. The van der Waals surface area contributed by atoms with Crippen LogP contribution >= 0.6 is 8.25 Å². The molecule has 6 heavy (non-hydrogen) atoms. The van der Waals surface area contributed by atoms with E-state index in [1.165, 1.54) is 3.93 Å². The van der Waals surface area contributed by atoms with E-state index in [2.05, 4.69) is 13.8 Å². The summed E-state index contributed by atoms with van der Waals surface area (Å²) in [7, 11) is 5.62. The molecule has 0 radical (unpaired) electrons. The van der Waals surface area contributed by atoms with Crippen LogP contribution in [0.15, 0.2) is 0 Å². The molecule has 0 amide bonds. The Bertz CT molecular complexity index is 28.7. The topological polar surface area (TPSA) is 0 Å². The van der Waals surface area contributed by atoms with Crippen molar-refractivity contribution in [2.75, 3.05) is 0 Å². The second-order valence-corrected chi connectivity index (χ2v) is 8.90. The van der Waals surface area contributed by atoms with E-state index in [1.54, 1.807) is 0 Å². The van der Waals surface area contributed by atoms with Gasteiger partial charge in [0.25, 0.3) is 0 Å². The van der Waals surface area contributed by atoms with Crippen molar-refractivity contribution in [3.05, 3.63) is 0 Å². The molecule has 2 heteroatoms. The van der Waals surface area contributed by atoms with Gasteiger partial charge in [0, 0.05) is 0 Å². The van der Waals surface area contributed by atoms with Crippen LogP contribution in [-0.2, 0) is 23.3 Å². The first-order valence-electron chi connectivity index (χ1n) is 2.33. The van der Waals surface area contributed by atoms with E-state index in [1.807, 2.05) is 0 Å². The van der Waals surface area contributed by atoms with Crippen LogP contribution in [0.1, 0.15) is 13.8 Å². The summed E-state index contributed by atoms with van der Waals surface area (Å²) in [5.74, 6) is 0.865. The standard InChI is InChI=1S/C4H9.ClH.Hg/c1-4(2)3;;/h4H,1H2,2-3H3;1H;/q;;+1/p-1. The van der Waals surface area contributed by atoms with Crippen LogP contribution in [-0.4, -0.2) is 0 Å². The first-order valence-corrected chi connectivity index (χ1v) is 13.0. The van der Waals surface area contributed by atoms with E-state index in [9.17, 15) is 0 Å². The summed E-state index contributed by atoms with van der Waals surface area (Å²) >= 11 is -0.740. The van der Waals surface area contributed by atoms with Crippen LogP contribution in [0.5, 0.6) is 0 Å². The van der Waals surface area contributed by atoms with Crippen LogP contribution in [0.4, 0.5) is 0 Å². The van der Waals surface area contributed by atoms with E-state index < -0.39 is 23.3 Å². The van der Waals surface area contributed by atoms with Crippen LogP contribution in [0.25, 0.3) is 0 Å². The van der Waals surface area contributed by atoms with Crippen molar-refractivity contribution in [2.45, 2.75) is 17.8 Å². The fraction of sp³-hybridized carbons (Fsp3) is 1.00. The molecule has 0 aliphatic carbocycles. The zero-order valence-corrected chi connectivity index (χ0v) is 10.6. The monoisotopic (exact) mass is 294 g/mol. The maximum atomic E-state index is 5.62. The Hall–Kier alpha value is 1.23. The molecular formula is C4H9ClHg. The molecule has 0 rings (SSSR count). The van der Waals surface area contributed by atoms with Crippen molar-refractivity contribution in [1.29, 1.82) is 0 Å². The number of hydrogen-bond donors (Lipinski definition) is 0. The second-order valence-electron chi connectivity index (χ2n) is 1.87. The third-order valence-electron chi connectivity index (χ3n) is 0.686. The van der Waals surface area contributed by atoms with Crippen molar-refractivity contribution in [3.8, 4) is 0 Å². The molecule has 0 aromatic rings. The fourth-order valence-electron chi connectivity index (χ4n) is 0.218. The van der Waals surface area contributed by atoms with E-state index >= 15 is 0 Å². The van der Waals surface area contributed by atoms with E-state index in [-0.39, 0.29) is 0 Å². The van der Waals surface area contributed by atoms with Gasteiger partial charge in [-0.2, -0.15) is 0 Å². The molecule has 0 unspecified atom stereocenters. The molecule has 0 spiro atoms. The summed E-state index contributed by atoms with van der Waals surface area (Å²) in [4.78, 5) is 0. The Morgan fingerprint density at radius 2 is 2.17 bits per heavy atom. The van der Waals surface area contributed by atoms with Gasteiger partial charge in [0.05, 0.1) is 0 Å². The molecule has 0 heterocycles. The van der Waals surface area contributed by atoms with Gasteiger partial charge in [0.1, 0.15) is 0 Å².